The van der Waals surface area contributed by atoms with Gasteiger partial charge in [-0.3, -0.25) is 0 Å². The number of halogens is 2. The van der Waals surface area contributed by atoms with Crippen LogP contribution in [0.5, 0.6) is 0 Å². The number of anilines is 1. The van der Waals surface area contributed by atoms with E-state index in [-0.39, 0.29) is 0 Å². The molecule has 0 aliphatic rings. The molecule has 0 aliphatic heterocycles. The number of rotatable bonds is 7. The van der Waals surface area contributed by atoms with E-state index in [1.165, 1.54) is 16.4 Å². The van der Waals surface area contributed by atoms with Crippen molar-refractivity contribution in [3.63, 3.8) is 0 Å². The predicted octanol–water partition coefficient (Wildman–Crippen LogP) is 4.82. The molecule has 140 valence electrons. The molecule has 6 nitrogen and oxygen atoms in total. The Morgan fingerprint density at radius 2 is 1.93 bits per heavy atom. The second-order valence-electron chi connectivity index (χ2n) is 5.60. The zero-order valence-electron chi connectivity index (χ0n) is 14.6. The molecule has 0 saturated carbocycles. The van der Waals surface area contributed by atoms with E-state index in [4.69, 9.17) is 29.0 Å². The third-order valence-corrected chi connectivity index (χ3v) is 5.50. The van der Waals surface area contributed by atoms with Gasteiger partial charge in [-0.2, -0.15) is 5.10 Å². The van der Waals surface area contributed by atoms with Gasteiger partial charge in [0, 0.05) is 5.75 Å². The highest BCUT2D eigenvalue weighted by Gasteiger charge is 2.11. The smallest absolute Gasteiger partial charge is 0.264 e. The Balaban J connectivity index is 1.67. The Bertz CT molecular complexity index is 942. The number of nitrogen functional groups attached to an aromatic ring is 1. The van der Waals surface area contributed by atoms with Gasteiger partial charge in [0.25, 0.3) is 5.95 Å². The van der Waals surface area contributed by atoms with Crippen molar-refractivity contribution in [3.8, 4) is 0 Å². The molecule has 0 unspecified atom stereocenters. The van der Waals surface area contributed by atoms with Gasteiger partial charge < -0.3 is 5.84 Å². The average Bonchev–Trinajstić information content (AvgIpc) is 3.04. The van der Waals surface area contributed by atoms with Gasteiger partial charge in [0.1, 0.15) is 0 Å². The van der Waals surface area contributed by atoms with E-state index in [9.17, 15) is 0 Å². The van der Waals surface area contributed by atoms with Crippen LogP contribution in [0.1, 0.15) is 24.5 Å². The van der Waals surface area contributed by atoms with Crippen LogP contribution in [-0.2, 0) is 5.75 Å². The molecule has 3 N–H and O–H groups in total. The first-order valence-corrected chi connectivity index (χ1v) is 9.98. The van der Waals surface area contributed by atoms with Crippen LogP contribution < -0.4 is 11.3 Å². The molecule has 0 spiro atoms. The summed E-state index contributed by atoms with van der Waals surface area (Å²) in [5.41, 5.74) is 5.87. The Hall–Kier alpha value is -2.22. The van der Waals surface area contributed by atoms with Gasteiger partial charge in [0.15, 0.2) is 0 Å². The van der Waals surface area contributed by atoms with Crippen molar-refractivity contribution in [1.29, 1.82) is 0 Å². The van der Waals surface area contributed by atoms with E-state index in [0.29, 0.717) is 26.9 Å². The highest BCUT2D eigenvalue weighted by molar-refractivity contribution is 7.98. The molecule has 0 saturated heterocycles. The molecule has 0 amide bonds. The van der Waals surface area contributed by atoms with Crippen LogP contribution in [0.15, 0.2) is 58.8 Å². The van der Waals surface area contributed by atoms with Gasteiger partial charge in [-0.15, -0.1) is 10.2 Å². The van der Waals surface area contributed by atoms with Gasteiger partial charge >= 0.3 is 0 Å². The summed E-state index contributed by atoms with van der Waals surface area (Å²) >= 11 is 13.4. The molecule has 1 heterocycles. The zero-order valence-corrected chi connectivity index (χ0v) is 16.9. The van der Waals surface area contributed by atoms with Crippen LogP contribution in [0.3, 0.4) is 0 Å². The minimum Gasteiger partial charge on any atom is -0.334 e. The topological polar surface area (TPSA) is 81.1 Å². The van der Waals surface area contributed by atoms with E-state index in [2.05, 4.69) is 20.7 Å². The molecule has 3 aromatic rings. The summed E-state index contributed by atoms with van der Waals surface area (Å²) in [7, 11) is 0. The van der Waals surface area contributed by atoms with Gasteiger partial charge in [-0.1, -0.05) is 78.3 Å². The number of nitrogens with two attached hydrogens (primary N) is 1. The number of aromatic nitrogens is 3. The molecule has 0 radical (unpaired) electrons. The lowest BCUT2D eigenvalue weighted by molar-refractivity contribution is 0.846. The monoisotopic (exact) mass is 420 g/mol. The number of nitrogens with zero attached hydrogens (tertiary/aromatic N) is 4. The summed E-state index contributed by atoms with van der Waals surface area (Å²) < 4.78 is 1.38. The maximum atomic E-state index is 6.08. The van der Waals surface area contributed by atoms with Gasteiger partial charge in [-0.25, -0.2) is 10.1 Å². The molecule has 2 aromatic carbocycles. The molecule has 3 rings (SSSR count). The first kappa shape index (κ1) is 19.5. The molecular weight excluding hydrogens is 403 g/mol. The highest BCUT2D eigenvalue weighted by Crippen LogP contribution is 2.27. The lowest BCUT2D eigenvalue weighted by Gasteiger charge is -2.06. The lowest BCUT2D eigenvalue weighted by atomic mass is 10.1. The Morgan fingerprint density at radius 3 is 2.63 bits per heavy atom. The first-order chi connectivity index (χ1) is 13.1. The number of hydrogen-bond acceptors (Lipinski definition) is 6. The van der Waals surface area contributed by atoms with Crippen LogP contribution in [-0.4, -0.2) is 20.6 Å². The summed E-state index contributed by atoms with van der Waals surface area (Å²) in [6.45, 7) is 2.04. The summed E-state index contributed by atoms with van der Waals surface area (Å²) in [5, 5.41) is 14.2. The third-order valence-electron chi connectivity index (χ3n) is 3.75. The normalized spacial score (nSPS) is 11.6. The van der Waals surface area contributed by atoms with Crippen molar-refractivity contribution in [1.82, 2.24) is 14.9 Å². The largest absolute Gasteiger partial charge is 0.334 e. The molecule has 27 heavy (non-hydrogen) atoms. The van der Waals surface area contributed by atoms with E-state index in [1.807, 2.05) is 49.4 Å². The first-order valence-electron chi connectivity index (χ1n) is 8.23. The summed E-state index contributed by atoms with van der Waals surface area (Å²) in [4.78, 5) is 0. The second kappa shape index (κ2) is 9.12. The fourth-order valence-corrected chi connectivity index (χ4v) is 3.44. The third kappa shape index (κ3) is 4.94. The quantitative estimate of drug-likeness (QED) is 0.248. The highest BCUT2D eigenvalue weighted by atomic mass is 35.5. The van der Waals surface area contributed by atoms with Crippen LogP contribution in [0, 0.1) is 0 Å². The van der Waals surface area contributed by atoms with Crippen molar-refractivity contribution < 1.29 is 0 Å². The minimum atomic E-state index is 0.369. The summed E-state index contributed by atoms with van der Waals surface area (Å²) in [5.74, 6) is 7.09. The molecule has 0 aliphatic carbocycles. The Labute approximate surface area is 171 Å². The van der Waals surface area contributed by atoms with E-state index in [1.54, 1.807) is 6.07 Å². The van der Waals surface area contributed by atoms with Crippen molar-refractivity contribution >= 4 is 46.6 Å². The molecule has 0 fully saturated rings. The lowest BCUT2D eigenvalue weighted by Crippen LogP contribution is -2.14. The number of thioether (sulfide) groups is 1. The number of hydrogen-bond donors (Lipinski definition) is 2. The van der Waals surface area contributed by atoms with E-state index < -0.39 is 0 Å². The average molecular weight is 421 g/mol. The molecule has 9 heteroatoms. The SMILES string of the molecule is CC/C(=N/Nc1nnc(SCc2ccc(Cl)c(Cl)c2)n1N)c1ccccc1. The maximum absolute atomic E-state index is 6.08. The van der Waals surface area contributed by atoms with E-state index in [0.717, 1.165) is 23.3 Å². The Morgan fingerprint density at radius 1 is 1.15 bits per heavy atom. The van der Waals surface area contributed by atoms with Crippen LogP contribution in [0.2, 0.25) is 10.0 Å². The fraction of sp³-hybridized carbons (Fsp3) is 0.167. The summed E-state index contributed by atoms with van der Waals surface area (Å²) in [6, 6.07) is 15.4. The van der Waals surface area contributed by atoms with Crippen molar-refractivity contribution in [2.45, 2.75) is 24.3 Å². The fourth-order valence-electron chi connectivity index (χ4n) is 2.32. The Kier molecular flexibility index (Phi) is 6.60. The maximum Gasteiger partial charge on any atom is 0.264 e. The van der Waals surface area contributed by atoms with Crippen molar-refractivity contribution in [2.75, 3.05) is 11.3 Å². The second-order valence-corrected chi connectivity index (χ2v) is 7.36. The number of nitrogens with one attached hydrogen (secondary N) is 1. The molecule has 0 atom stereocenters. The minimum absolute atomic E-state index is 0.369. The summed E-state index contributed by atoms with van der Waals surface area (Å²) in [6.07, 6.45) is 0.772. The molecular formula is C18H18Cl2N6S. The van der Waals surface area contributed by atoms with Crippen LogP contribution in [0.4, 0.5) is 5.95 Å². The van der Waals surface area contributed by atoms with Crippen LogP contribution >= 0.6 is 35.0 Å². The van der Waals surface area contributed by atoms with Crippen molar-refractivity contribution in [3.05, 3.63) is 69.7 Å². The number of hydrazone groups is 1. The standard InChI is InChI=1S/C18H18Cl2N6S/c1-2-16(13-6-4-3-5-7-13)22-23-17-24-25-18(26(17)21)27-11-12-8-9-14(19)15(20)10-12/h3-10H,2,11,21H2,1H3,(H,23,24)/b22-16-. The van der Waals surface area contributed by atoms with Gasteiger partial charge in [-0.05, 0) is 29.7 Å². The van der Waals surface area contributed by atoms with Gasteiger partial charge in [0.05, 0.1) is 15.8 Å². The number of benzene rings is 2. The molecule has 0 bridgehead atoms. The molecule has 1 aromatic heterocycles. The van der Waals surface area contributed by atoms with Crippen LogP contribution in [0.25, 0.3) is 0 Å². The zero-order chi connectivity index (χ0) is 19.2. The predicted molar refractivity (Wildman–Crippen MR) is 113 cm³/mol. The van der Waals surface area contributed by atoms with E-state index >= 15 is 0 Å². The van der Waals surface area contributed by atoms with Gasteiger partial charge in [0.2, 0.25) is 5.16 Å². The van der Waals surface area contributed by atoms with Crippen molar-refractivity contribution in [2.24, 2.45) is 5.10 Å².